The highest BCUT2D eigenvalue weighted by Gasteiger charge is 1.98. The molecule has 25 heavy (non-hydrogen) atoms. The quantitative estimate of drug-likeness (QED) is 0.574. The van der Waals surface area contributed by atoms with Crippen LogP contribution in [0.1, 0.15) is 18.1 Å². The number of carbonyl (C=O) groups excluding carboxylic acids is 2. The van der Waals surface area contributed by atoms with E-state index in [2.05, 4.69) is 10.6 Å². The number of hydrogen-bond acceptors (Lipinski definition) is 3. The van der Waals surface area contributed by atoms with E-state index in [-0.39, 0.29) is 11.8 Å². The van der Waals surface area contributed by atoms with Gasteiger partial charge in [-0.3, -0.25) is 9.59 Å². The average molecular weight is 338 g/mol. The van der Waals surface area contributed by atoms with E-state index in [1.807, 2.05) is 54.6 Å². The van der Waals surface area contributed by atoms with Crippen LogP contribution >= 0.6 is 0 Å². The molecule has 0 saturated heterocycles. The molecule has 0 aliphatic carbocycles. The molecule has 2 rings (SSSR count). The maximum Gasteiger partial charge on any atom is 0.244 e. The third kappa shape index (κ3) is 7.35. The van der Waals surface area contributed by atoms with E-state index in [9.17, 15) is 9.59 Å². The van der Waals surface area contributed by atoms with Gasteiger partial charge in [-0.05, 0) is 29.3 Å². The maximum absolute atomic E-state index is 11.7. The number of benzene rings is 2. The average Bonchev–Trinajstić information content (AvgIpc) is 2.63. The Morgan fingerprint density at radius 1 is 0.960 bits per heavy atom. The van der Waals surface area contributed by atoms with Gasteiger partial charge in [0.15, 0.2) is 0 Å². The zero-order valence-electron chi connectivity index (χ0n) is 14.2. The normalized spacial score (nSPS) is 10.4. The van der Waals surface area contributed by atoms with E-state index in [0.717, 1.165) is 16.9 Å². The summed E-state index contributed by atoms with van der Waals surface area (Å²) in [6.07, 6.45) is 3.20. The molecular weight excluding hydrogens is 316 g/mol. The van der Waals surface area contributed by atoms with Gasteiger partial charge < -0.3 is 15.4 Å². The summed E-state index contributed by atoms with van der Waals surface area (Å²) in [4.78, 5) is 22.4. The van der Waals surface area contributed by atoms with Gasteiger partial charge in [0.05, 0.1) is 0 Å². The van der Waals surface area contributed by atoms with Gasteiger partial charge in [0, 0.05) is 26.1 Å². The zero-order chi connectivity index (χ0) is 17.9. The zero-order valence-corrected chi connectivity index (χ0v) is 14.2. The van der Waals surface area contributed by atoms with Gasteiger partial charge >= 0.3 is 0 Å². The summed E-state index contributed by atoms with van der Waals surface area (Å²) in [6, 6.07) is 17.5. The van der Waals surface area contributed by atoms with Crippen molar-refractivity contribution in [2.75, 3.05) is 13.1 Å². The summed E-state index contributed by atoms with van der Waals surface area (Å²) < 4.78 is 5.72. The first-order chi connectivity index (χ1) is 12.1. The molecule has 0 heterocycles. The maximum atomic E-state index is 11.7. The second-order valence-electron chi connectivity index (χ2n) is 5.45. The van der Waals surface area contributed by atoms with Crippen LogP contribution in [0.2, 0.25) is 0 Å². The molecule has 0 aliphatic heterocycles. The minimum Gasteiger partial charge on any atom is -0.489 e. The molecule has 130 valence electrons. The molecule has 0 fully saturated rings. The number of ether oxygens (including phenoxy) is 1. The summed E-state index contributed by atoms with van der Waals surface area (Å²) in [7, 11) is 0. The third-order valence-corrected chi connectivity index (χ3v) is 3.35. The summed E-state index contributed by atoms with van der Waals surface area (Å²) >= 11 is 0. The Hall–Kier alpha value is -3.08. The third-order valence-electron chi connectivity index (χ3n) is 3.35. The topological polar surface area (TPSA) is 67.4 Å². The predicted molar refractivity (Wildman–Crippen MR) is 97.9 cm³/mol. The van der Waals surface area contributed by atoms with Crippen molar-refractivity contribution >= 4 is 17.9 Å². The fourth-order valence-corrected chi connectivity index (χ4v) is 2.07. The Labute approximate surface area is 147 Å². The van der Waals surface area contributed by atoms with Crippen molar-refractivity contribution in [1.82, 2.24) is 10.6 Å². The number of carbonyl (C=O) groups is 2. The lowest BCUT2D eigenvalue weighted by molar-refractivity contribution is -0.119. The van der Waals surface area contributed by atoms with Crippen LogP contribution in [0.3, 0.4) is 0 Å². The van der Waals surface area contributed by atoms with E-state index in [4.69, 9.17) is 4.74 Å². The predicted octanol–water partition coefficient (Wildman–Crippen LogP) is 2.53. The van der Waals surface area contributed by atoms with Crippen molar-refractivity contribution in [1.29, 1.82) is 0 Å². The molecule has 5 nitrogen and oxygen atoms in total. The highest BCUT2D eigenvalue weighted by Crippen LogP contribution is 2.15. The Kier molecular flexibility index (Phi) is 7.25. The fourth-order valence-electron chi connectivity index (χ4n) is 2.07. The molecule has 0 bridgehead atoms. The van der Waals surface area contributed by atoms with Gasteiger partial charge in [0.2, 0.25) is 11.8 Å². The number of amides is 2. The standard InChI is InChI=1S/C20H22N2O3/c1-16(23)21-13-14-22-20(24)12-9-17-7-10-19(11-8-17)25-15-18-5-3-2-4-6-18/h2-12H,13-15H2,1H3,(H,21,23)(H,22,24)/b12-9+. The smallest absolute Gasteiger partial charge is 0.244 e. The number of rotatable bonds is 8. The second kappa shape index (κ2) is 9.93. The summed E-state index contributed by atoms with van der Waals surface area (Å²) in [5, 5.41) is 5.31. The van der Waals surface area contributed by atoms with Gasteiger partial charge in [0.1, 0.15) is 12.4 Å². The second-order valence-corrected chi connectivity index (χ2v) is 5.45. The van der Waals surface area contributed by atoms with Crippen LogP contribution in [0, 0.1) is 0 Å². The van der Waals surface area contributed by atoms with E-state index in [1.165, 1.54) is 13.0 Å². The van der Waals surface area contributed by atoms with Gasteiger partial charge in [-0.25, -0.2) is 0 Å². The largest absolute Gasteiger partial charge is 0.489 e. The van der Waals surface area contributed by atoms with E-state index in [1.54, 1.807) is 6.08 Å². The van der Waals surface area contributed by atoms with Gasteiger partial charge in [0.25, 0.3) is 0 Å². The molecule has 0 aromatic heterocycles. The van der Waals surface area contributed by atoms with Crippen molar-refractivity contribution in [3.05, 3.63) is 71.8 Å². The van der Waals surface area contributed by atoms with Crippen LogP contribution in [-0.2, 0) is 16.2 Å². The van der Waals surface area contributed by atoms with E-state index in [0.29, 0.717) is 19.7 Å². The first-order valence-electron chi connectivity index (χ1n) is 8.10. The lowest BCUT2D eigenvalue weighted by Crippen LogP contribution is -2.32. The Bertz CT molecular complexity index is 709. The molecule has 0 saturated carbocycles. The molecule has 2 aromatic carbocycles. The Morgan fingerprint density at radius 2 is 1.64 bits per heavy atom. The van der Waals surface area contributed by atoms with Crippen LogP contribution in [0.25, 0.3) is 6.08 Å². The summed E-state index contributed by atoms with van der Waals surface area (Å²) in [5.74, 6) is 0.467. The van der Waals surface area contributed by atoms with Crippen LogP contribution in [-0.4, -0.2) is 24.9 Å². The minimum absolute atomic E-state index is 0.112. The highest BCUT2D eigenvalue weighted by atomic mass is 16.5. The highest BCUT2D eigenvalue weighted by molar-refractivity contribution is 5.91. The first kappa shape index (κ1) is 18.3. The van der Waals surface area contributed by atoms with Crippen molar-refractivity contribution in [3.63, 3.8) is 0 Å². The van der Waals surface area contributed by atoms with Crippen LogP contribution < -0.4 is 15.4 Å². The number of hydrogen-bond donors (Lipinski definition) is 2. The summed E-state index contributed by atoms with van der Waals surface area (Å²) in [6.45, 7) is 2.78. The van der Waals surface area contributed by atoms with Crippen molar-refractivity contribution in [2.45, 2.75) is 13.5 Å². The molecule has 0 spiro atoms. The molecule has 0 radical (unpaired) electrons. The summed E-state index contributed by atoms with van der Waals surface area (Å²) in [5.41, 5.74) is 2.02. The van der Waals surface area contributed by atoms with Crippen LogP contribution in [0.4, 0.5) is 0 Å². The molecule has 0 aliphatic rings. The van der Waals surface area contributed by atoms with E-state index >= 15 is 0 Å². The fraction of sp³-hybridized carbons (Fsp3) is 0.200. The molecule has 2 amide bonds. The molecule has 0 unspecified atom stereocenters. The van der Waals surface area contributed by atoms with Gasteiger partial charge in [-0.1, -0.05) is 42.5 Å². The molecule has 2 aromatic rings. The monoisotopic (exact) mass is 338 g/mol. The lowest BCUT2D eigenvalue weighted by atomic mass is 10.2. The molecule has 5 heteroatoms. The van der Waals surface area contributed by atoms with Gasteiger partial charge in [-0.15, -0.1) is 0 Å². The van der Waals surface area contributed by atoms with Crippen molar-refractivity contribution in [3.8, 4) is 5.75 Å². The van der Waals surface area contributed by atoms with Crippen LogP contribution in [0.15, 0.2) is 60.7 Å². The first-order valence-corrected chi connectivity index (χ1v) is 8.10. The molecule has 0 atom stereocenters. The Balaban J connectivity index is 1.75. The minimum atomic E-state index is -0.199. The molecular formula is C20H22N2O3. The number of nitrogens with one attached hydrogen (secondary N) is 2. The van der Waals surface area contributed by atoms with Crippen LogP contribution in [0.5, 0.6) is 5.75 Å². The van der Waals surface area contributed by atoms with Crippen molar-refractivity contribution in [2.24, 2.45) is 0 Å². The SMILES string of the molecule is CC(=O)NCCNC(=O)/C=C/c1ccc(OCc2ccccc2)cc1. The Morgan fingerprint density at radius 3 is 2.32 bits per heavy atom. The van der Waals surface area contributed by atoms with Gasteiger partial charge in [-0.2, -0.15) is 0 Å². The lowest BCUT2D eigenvalue weighted by Gasteiger charge is -2.06. The molecule has 2 N–H and O–H groups in total. The van der Waals surface area contributed by atoms with E-state index < -0.39 is 0 Å². The van der Waals surface area contributed by atoms with Crippen molar-refractivity contribution < 1.29 is 14.3 Å².